The van der Waals surface area contributed by atoms with E-state index in [0.29, 0.717) is 35.3 Å². The summed E-state index contributed by atoms with van der Waals surface area (Å²) in [5.41, 5.74) is 1.06. The first-order valence-corrected chi connectivity index (χ1v) is 8.50. The molecule has 0 fully saturated rings. The average Bonchev–Trinajstić information content (AvgIpc) is 3.32. The largest absolute Gasteiger partial charge is 0.342 e. The first kappa shape index (κ1) is 15.5. The van der Waals surface area contributed by atoms with Gasteiger partial charge in [0, 0.05) is 23.7 Å². The minimum absolute atomic E-state index is 0.156. The number of aryl methyl sites for hydroxylation is 1. The summed E-state index contributed by atoms with van der Waals surface area (Å²) in [6.07, 6.45) is 4.01. The Balaban J connectivity index is 1.45. The van der Waals surface area contributed by atoms with E-state index in [1.54, 1.807) is 41.1 Å². The van der Waals surface area contributed by atoms with Crippen LogP contribution in [-0.2, 0) is 13.0 Å². The van der Waals surface area contributed by atoms with Crippen LogP contribution in [0.4, 0.5) is 0 Å². The van der Waals surface area contributed by atoms with E-state index < -0.39 is 0 Å². The molecule has 4 heterocycles. The topological polar surface area (TPSA) is 98.2 Å². The number of carbonyl (C=O) groups is 1. The molecule has 0 unspecified atom stereocenters. The van der Waals surface area contributed by atoms with E-state index in [2.05, 4.69) is 25.4 Å². The summed E-state index contributed by atoms with van der Waals surface area (Å²) in [4.78, 5) is 26.4. The molecule has 0 aliphatic heterocycles. The van der Waals surface area contributed by atoms with Crippen LogP contribution in [0.3, 0.4) is 0 Å². The van der Waals surface area contributed by atoms with Crippen LogP contribution >= 0.6 is 11.3 Å². The van der Waals surface area contributed by atoms with Crippen molar-refractivity contribution in [2.75, 3.05) is 0 Å². The summed E-state index contributed by atoms with van der Waals surface area (Å²) in [5.74, 6) is 1.18. The van der Waals surface area contributed by atoms with E-state index in [1.165, 1.54) is 0 Å². The van der Waals surface area contributed by atoms with Crippen molar-refractivity contribution in [2.24, 2.45) is 0 Å². The van der Waals surface area contributed by atoms with Gasteiger partial charge < -0.3 is 9.84 Å². The number of amides is 1. The van der Waals surface area contributed by atoms with Gasteiger partial charge in [0.1, 0.15) is 5.69 Å². The second-order valence-electron chi connectivity index (χ2n) is 5.38. The van der Waals surface area contributed by atoms with Crippen molar-refractivity contribution < 1.29 is 9.32 Å². The maximum atomic E-state index is 12.5. The van der Waals surface area contributed by atoms with Crippen LogP contribution in [0.2, 0.25) is 0 Å². The summed E-state index contributed by atoms with van der Waals surface area (Å²) in [6, 6.07) is 5.75. The van der Waals surface area contributed by atoms with E-state index in [4.69, 9.17) is 4.52 Å². The Morgan fingerprint density at radius 1 is 1.36 bits per heavy atom. The molecular formula is C16H14N6O2S. The number of aromatic nitrogens is 5. The maximum Gasteiger partial charge on any atom is 0.270 e. The third-order valence-corrected chi connectivity index (χ3v) is 4.49. The monoisotopic (exact) mass is 354 g/mol. The molecule has 4 aromatic rings. The molecule has 0 spiro atoms. The quantitative estimate of drug-likeness (QED) is 0.589. The van der Waals surface area contributed by atoms with Crippen LogP contribution < -0.4 is 5.32 Å². The van der Waals surface area contributed by atoms with E-state index in [1.807, 2.05) is 17.5 Å². The van der Waals surface area contributed by atoms with Gasteiger partial charge in [-0.15, -0.1) is 11.3 Å². The van der Waals surface area contributed by atoms with Crippen molar-refractivity contribution in [3.05, 3.63) is 64.0 Å². The van der Waals surface area contributed by atoms with Crippen molar-refractivity contribution >= 4 is 23.0 Å². The Morgan fingerprint density at radius 3 is 3.12 bits per heavy atom. The highest BCUT2D eigenvalue weighted by atomic mass is 32.1. The third kappa shape index (κ3) is 3.13. The molecule has 0 saturated carbocycles. The van der Waals surface area contributed by atoms with Gasteiger partial charge in [0.2, 0.25) is 11.7 Å². The van der Waals surface area contributed by atoms with Crippen molar-refractivity contribution in [2.45, 2.75) is 19.9 Å². The zero-order valence-corrected chi connectivity index (χ0v) is 14.2. The highest BCUT2D eigenvalue weighted by molar-refractivity contribution is 7.09. The van der Waals surface area contributed by atoms with Crippen LogP contribution in [0, 0.1) is 6.92 Å². The zero-order valence-electron chi connectivity index (χ0n) is 13.3. The molecule has 4 aromatic heterocycles. The molecule has 9 heteroatoms. The minimum Gasteiger partial charge on any atom is -0.342 e. The van der Waals surface area contributed by atoms with E-state index >= 15 is 0 Å². The highest BCUT2D eigenvalue weighted by Crippen LogP contribution is 2.13. The van der Waals surface area contributed by atoms with Crippen molar-refractivity contribution in [1.29, 1.82) is 0 Å². The van der Waals surface area contributed by atoms with Crippen LogP contribution in [-0.4, -0.2) is 30.4 Å². The van der Waals surface area contributed by atoms with Gasteiger partial charge in [-0.2, -0.15) is 4.98 Å². The van der Waals surface area contributed by atoms with Gasteiger partial charge >= 0.3 is 0 Å². The summed E-state index contributed by atoms with van der Waals surface area (Å²) >= 11 is 1.64. The molecule has 1 N–H and O–H groups in total. The van der Waals surface area contributed by atoms with Gasteiger partial charge in [-0.3, -0.25) is 9.20 Å². The molecule has 25 heavy (non-hydrogen) atoms. The Bertz CT molecular complexity index is 1020. The lowest BCUT2D eigenvalue weighted by atomic mass is 10.3. The van der Waals surface area contributed by atoms with Gasteiger partial charge in [-0.1, -0.05) is 11.2 Å². The first-order valence-electron chi connectivity index (χ1n) is 7.62. The lowest BCUT2D eigenvalue weighted by molar-refractivity contribution is 0.0939. The predicted octanol–water partition coefficient (Wildman–Crippen LogP) is 2.00. The number of carbonyl (C=O) groups excluding carboxylic acids is 1. The lowest BCUT2D eigenvalue weighted by Crippen LogP contribution is -2.25. The second-order valence-corrected chi connectivity index (χ2v) is 6.41. The van der Waals surface area contributed by atoms with Gasteiger partial charge in [0.15, 0.2) is 5.82 Å². The summed E-state index contributed by atoms with van der Waals surface area (Å²) in [5, 5.41) is 8.73. The number of thiophene rings is 1. The fraction of sp³-hybridized carbons (Fsp3) is 0.188. The van der Waals surface area contributed by atoms with Gasteiger partial charge in [0.05, 0.1) is 12.2 Å². The maximum absolute atomic E-state index is 12.5. The molecule has 4 rings (SSSR count). The zero-order chi connectivity index (χ0) is 17.2. The van der Waals surface area contributed by atoms with Gasteiger partial charge in [-0.25, -0.2) is 9.97 Å². The van der Waals surface area contributed by atoms with Crippen molar-refractivity contribution in [3.63, 3.8) is 0 Å². The molecule has 0 atom stereocenters. The number of imidazole rings is 1. The molecular weight excluding hydrogens is 340 g/mol. The number of hydrogen-bond donors (Lipinski definition) is 1. The third-order valence-electron chi connectivity index (χ3n) is 3.62. The Kier molecular flexibility index (Phi) is 3.98. The lowest BCUT2D eigenvalue weighted by Gasteiger charge is -2.03. The smallest absolute Gasteiger partial charge is 0.270 e. The molecule has 8 nitrogen and oxygen atoms in total. The summed E-state index contributed by atoms with van der Waals surface area (Å²) in [6.45, 7) is 1.93. The number of nitrogens with one attached hydrogen (secondary N) is 1. The fourth-order valence-electron chi connectivity index (χ4n) is 2.51. The summed E-state index contributed by atoms with van der Waals surface area (Å²) in [7, 11) is 0. The SMILES string of the molecule is Cc1nc2ncccn2c1C(=O)NCc1nc(Cc2cccs2)no1. The summed E-state index contributed by atoms with van der Waals surface area (Å²) < 4.78 is 6.85. The van der Waals surface area contributed by atoms with Crippen molar-refractivity contribution in [3.8, 4) is 0 Å². The molecule has 0 aliphatic rings. The Labute approximate surface area is 146 Å². The Morgan fingerprint density at radius 2 is 2.28 bits per heavy atom. The normalized spacial score (nSPS) is 11.1. The van der Waals surface area contributed by atoms with Crippen molar-refractivity contribution in [1.82, 2.24) is 29.8 Å². The standard InChI is InChI=1S/C16H14N6O2S/c1-10-14(22-6-3-5-17-16(22)19-10)15(23)18-9-13-20-12(21-24-13)8-11-4-2-7-25-11/h2-7H,8-9H2,1H3,(H,18,23). The molecule has 0 aromatic carbocycles. The second kappa shape index (κ2) is 6.44. The predicted molar refractivity (Wildman–Crippen MR) is 90.3 cm³/mol. The van der Waals surface area contributed by atoms with Gasteiger partial charge in [0.25, 0.3) is 5.91 Å². The van der Waals surface area contributed by atoms with Crippen LogP contribution in [0.1, 0.15) is 32.8 Å². The first-order chi connectivity index (χ1) is 12.2. The Hall–Kier alpha value is -3.07. The van der Waals surface area contributed by atoms with Gasteiger partial charge in [-0.05, 0) is 24.4 Å². The van der Waals surface area contributed by atoms with Crippen LogP contribution in [0.25, 0.3) is 5.78 Å². The fourth-order valence-corrected chi connectivity index (χ4v) is 3.22. The molecule has 0 radical (unpaired) electrons. The van der Waals surface area contributed by atoms with E-state index in [9.17, 15) is 4.79 Å². The number of rotatable bonds is 5. The highest BCUT2D eigenvalue weighted by Gasteiger charge is 2.17. The van der Waals surface area contributed by atoms with Crippen LogP contribution in [0.15, 0.2) is 40.5 Å². The molecule has 1 amide bonds. The molecule has 0 saturated heterocycles. The van der Waals surface area contributed by atoms with Crippen LogP contribution in [0.5, 0.6) is 0 Å². The number of fused-ring (bicyclic) bond motifs is 1. The van der Waals surface area contributed by atoms with E-state index in [-0.39, 0.29) is 12.5 Å². The molecule has 0 bridgehead atoms. The number of nitrogens with zero attached hydrogens (tertiary/aromatic N) is 5. The molecule has 0 aliphatic carbocycles. The van der Waals surface area contributed by atoms with E-state index in [0.717, 1.165) is 4.88 Å². The number of hydrogen-bond acceptors (Lipinski definition) is 7. The average molecular weight is 354 g/mol. The minimum atomic E-state index is -0.268. The molecule has 126 valence electrons.